The van der Waals surface area contributed by atoms with Gasteiger partial charge in [0, 0.05) is 12.6 Å². The molecule has 1 rings (SSSR count). The Morgan fingerprint density at radius 3 is 2.53 bits per heavy atom. The first-order valence-electron chi connectivity index (χ1n) is 5.55. The molecular formula is C13H20N2OS. The molecule has 17 heavy (non-hydrogen) atoms. The Bertz CT molecular complexity index is 429. The topological polar surface area (TPSA) is 49.5 Å². The molecule has 3 nitrogen and oxygen atoms in total. The molecule has 0 spiro atoms. The average molecular weight is 252 g/mol. The van der Waals surface area contributed by atoms with Crippen molar-refractivity contribution in [1.82, 2.24) is 0 Å². The highest BCUT2D eigenvalue weighted by Gasteiger charge is 2.26. The monoisotopic (exact) mass is 252 g/mol. The van der Waals surface area contributed by atoms with Crippen molar-refractivity contribution in [1.29, 1.82) is 0 Å². The third-order valence-electron chi connectivity index (χ3n) is 3.13. The van der Waals surface area contributed by atoms with Crippen LogP contribution in [0, 0.1) is 6.92 Å². The van der Waals surface area contributed by atoms with Crippen LogP contribution in [0.25, 0.3) is 0 Å². The molecule has 0 atom stereocenters. The summed E-state index contributed by atoms with van der Waals surface area (Å²) >= 11 is 5.08. The minimum Gasteiger partial charge on any atom is -0.394 e. The summed E-state index contributed by atoms with van der Waals surface area (Å²) in [4.78, 5) is 2.40. The second-order valence-corrected chi connectivity index (χ2v) is 5.30. The van der Waals surface area contributed by atoms with Crippen LogP contribution in [0.1, 0.15) is 25.0 Å². The van der Waals surface area contributed by atoms with E-state index >= 15 is 0 Å². The molecule has 4 heteroatoms. The maximum Gasteiger partial charge on any atom is 0.106 e. The van der Waals surface area contributed by atoms with Crippen LogP contribution < -0.4 is 10.6 Å². The Morgan fingerprint density at radius 1 is 1.47 bits per heavy atom. The van der Waals surface area contributed by atoms with Gasteiger partial charge in [0.1, 0.15) is 4.99 Å². The number of aliphatic hydroxyl groups is 1. The molecule has 0 heterocycles. The fraction of sp³-hybridized carbons (Fsp3) is 0.462. The first kappa shape index (κ1) is 13.9. The van der Waals surface area contributed by atoms with Crippen LogP contribution in [-0.2, 0) is 0 Å². The summed E-state index contributed by atoms with van der Waals surface area (Å²) in [7, 11) is 1.94. The highest BCUT2D eigenvalue weighted by Crippen LogP contribution is 2.29. The first-order valence-corrected chi connectivity index (χ1v) is 5.96. The number of hydrogen-bond donors (Lipinski definition) is 2. The molecule has 0 aromatic heterocycles. The number of aliphatic hydroxyl groups excluding tert-OH is 1. The summed E-state index contributed by atoms with van der Waals surface area (Å²) in [6.07, 6.45) is 0. The van der Waals surface area contributed by atoms with Crippen molar-refractivity contribution in [3.05, 3.63) is 29.3 Å². The van der Waals surface area contributed by atoms with Crippen LogP contribution in [0.3, 0.4) is 0 Å². The maximum absolute atomic E-state index is 9.44. The zero-order valence-corrected chi connectivity index (χ0v) is 11.6. The summed E-state index contributed by atoms with van der Waals surface area (Å²) in [5.74, 6) is 0. The molecule has 1 aromatic carbocycles. The van der Waals surface area contributed by atoms with E-state index < -0.39 is 0 Å². The van der Waals surface area contributed by atoms with Crippen LogP contribution >= 0.6 is 12.2 Å². The fourth-order valence-corrected chi connectivity index (χ4v) is 1.88. The molecule has 0 aliphatic heterocycles. The summed E-state index contributed by atoms with van der Waals surface area (Å²) < 4.78 is 0. The van der Waals surface area contributed by atoms with Gasteiger partial charge in [-0.1, -0.05) is 24.4 Å². The number of anilines is 1. The van der Waals surface area contributed by atoms with Gasteiger partial charge in [-0.15, -0.1) is 0 Å². The van der Waals surface area contributed by atoms with Crippen molar-refractivity contribution < 1.29 is 5.11 Å². The molecule has 0 aliphatic rings. The quantitative estimate of drug-likeness (QED) is 0.803. The normalized spacial score (nSPS) is 11.4. The Kier molecular flexibility index (Phi) is 4.11. The lowest BCUT2D eigenvalue weighted by atomic mass is 9.99. The lowest BCUT2D eigenvalue weighted by Gasteiger charge is -2.38. The Labute approximate surface area is 108 Å². The molecule has 0 unspecified atom stereocenters. The highest BCUT2D eigenvalue weighted by molar-refractivity contribution is 7.80. The van der Waals surface area contributed by atoms with Gasteiger partial charge in [0.2, 0.25) is 0 Å². The number of nitrogens with two attached hydrogens (primary N) is 1. The van der Waals surface area contributed by atoms with Gasteiger partial charge >= 0.3 is 0 Å². The summed E-state index contributed by atoms with van der Waals surface area (Å²) in [6.45, 7) is 6.03. The second kappa shape index (κ2) is 5.02. The standard InChI is InChI=1S/C13H20N2OS/c1-9-6-5-7-10(12(14)17)11(9)15(4)13(2,3)8-16/h5-7,16H,8H2,1-4H3,(H2,14,17). The highest BCUT2D eigenvalue weighted by atomic mass is 32.1. The van der Waals surface area contributed by atoms with Gasteiger partial charge in [0.25, 0.3) is 0 Å². The van der Waals surface area contributed by atoms with Crippen molar-refractivity contribution in [3.8, 4) is 0 Å². The molecule has 0 aliphatic carbocycles. The van der Waals surface area contributed by atoms with Crippen LogP contribution in [-0.4, -0.2) is 29.3 Å². The van der Waals surface area contributed by atoms with E-state index in [9.17, 15) is 5.11 Å². The molecular weight excluding hydrogens is 232 g/mol. The molecule has 0 amide bonds. The molecule has 94 valence electrons. The molecule has 3 N–H and O–H groups in total. The number of hydrogen-bond acceptors (Lipinski definition) is 3. The van der Waals surface area contributed by atoms with Gasteiger partial charge in [-0.05, 0) is 32.4 Å². The van der Waals surface area contributed by atoms with E-state index in [2.05, 4.69) is 0 Å². The zero-order chi connectivity index (χ0) is 13.2. The predicted molar refractivity (Wildman–Crippen MR) is 76.6 cm³/mol. The zero-order valence-electron chi connectivity index (χ0n) is 10.8. The number of para-hydroxylation sites is 1. The molecule has 0 saturated carbocycles. The Morgan fingerprint density at radius 2 is 2.06 bits per heavy atom. The summed E-state index contributed by atoms with van der Waals surface area (Å²) in [5.41, 5.74) is 8.33. The van der Waals surface area contributed by atoms with Crippen molar-refractivity contribution in [3.63, 3.8) is 0 Å². The van der Waals surface area contributed by atoms with Gasteiger partial charge in [0.05, 0.1) is 17.8 Å². The Hall–Kier alpha value is -1.13. The number of likely N-dealkylation sites (N-methyl/N-ethyl adjacent to an activating group) is 1. The number of nitrogens with zero attached hydrogens (tertiary/aromatic N) is 1. The van der Waals surface area contributed by atoms with Gasteiger partial charge in [-0.2, -0.15) is 0 Å². The summed E-state index contributed by atoms with van der Waals surface area (Å²) in [6, 6.07) is 5.86. The van der Waals surface area contributed by atoms with E-state index in [1.807, 2.05) is 50.9 Å². The van der Waals surface area contributed by atoms with E-state index in [0.29, 0.717) is 4.99 Å². The predicted octanol–water partition coefficient (Wildman–Crippen LogP) is 1.84. The van der Waals surface area contributed by atoms with E-state index in [1.165, 1.54) is 0 Å². The molecule has 0 radical (unpaired) electrons. The number of rotatable bonds is 4. The van der Waals surface area contributed by atoms with Crippen LogP contribution in [0.15, 0.2) is 18.2 Å². The van der Waals surface area contributed by atoms with Crippen molar-refractivity contribution in [2.45, 2.75) is 26.3 Å². The van der Waals surface area contributed by atoms with Crippen LogP contribution in [0.5, 0.6) is 0 Å². The lowest BCUT2D eigenvalue weighted by Crippen LogP contribution is -2.45. The first-order chi connectivity index (χ1) is 7.81. The van der Waals surface area contributed by atoms with E-state index in [4.69, 9.17) is 18.0 Å². The van der Waals surface area contributed by atoms with Gasteiger partial charge < -0.3 is 15.7 Å². The maximum atomic E-state index is 9.44. The minimum atomic E-state index is -0.356. The molecule has 0 saturated heterocycles. The number of thiocarbonyl (C=S) groups is 1. The molecule has 0 bridgehead atoms. The molecule has 1 aromatic rings. The minimum absolute atomic E-state index is 0.0641. The van der Waals surface area contributed by atoms with Gasteiger partial charge in [-0.3, -0.25) is 0 Å². The van der Waals surface area contributed by atoms with E-state index in [-0.39, 0.29) is 12.1 Å². The van der Waals surface area contributed by atoms with Gasteiger partial charge in [0.15, 0.2) is 0 Å². The van der Waals surface area contributed by atoms with Crippen molar-refractivity contribution in [2.24, 2.45) is 5.73 Å². The fourth-order valence-electron chi connectivity index (χ4n) is 1.71. The number of aryl methyl sites for hydroxylation is 1. The van der Waals surface area contributed by atoms with E-state index in [0.717, 1.165) is 16.8 Å². The van der Waals surface area contributed by atoms with Gasteiger partial charge in [-0.25, -0.2) is 0 Å². The Balaban J connectivity index is 3.34. The SMILES string of the molecule is Cc1cccc(C(N)=S)c1N(C)C(C)(C)CO. The van der Waals surface area contributed by atoms with Crippen LogP contribution in [0.2, 0.25) is 0 Å². The molecule has 0 fully saturated rings. The van der Waals surface area contributed by atoms with Crippen LogP contribution in [0.4, 0.5) is 5.69 Å². The summed E-state index contributed by atoms with van der Waals surface area (Å²) in [5, 5.41) is 9.44. The van der Waals surface area contributed by atoms with E-state index in [1.54, 1.807) is 0 Å². The average Bonchev–Trinajstić information content (AvgIpc) is 2.27. The third-order valence-corrected chi connectivity index (χ3v) is 3.35. The van der Waals surface area contributed by atoms with Crippen molar-refractivity contribution in [2.75, 3.05) is 18.6 Å². The number of benzene rings is 1. The third kappa shape index (κ3) is 2.76. The second-order valence-electron chi connectivity index (χ2n) is 4.86. The smallest absolute Gasteiger partial charge is 0.106 e. The largest absolute Gasteiger partial charge is 0.394 e. The lowest BCUT2D eigenvalue weighted by molar-refractivity contribution is 0.216. The van der Waals surface area contributed by atoms with Crippen molar-refractivity contribution >= 4 is 22.9 Å².